The molecule has 1 aromatic rings. The molecule has 144 valence electrons. The van der Waals surface area contributed by atoms with Crippen molar-refractivity contribution in [1.82, 2.24) is 10.2 Å². The minimum absolute atomic E-state index is 0.138. The van der Waals surface area contributed by atoms with Gasteiger partial charge in [0.05, 0.1) is 12.8 Å². The first-order valence-corrected chi connectivity index (χ1v) is 10.0. The molecule has 5 nitrogen and oxygen atoms in total. The van der Waals surface area contributed by atoms with Crippen LogP contribution in [-0.2, 0) is 4.79 Å². The number of piperazine rings is 1. The van der Waals surface area contributed by atoms with Crippen molar-refractivity contribution in [2.24, 2.45) is 5.41 Å². The maximum Gasteiger partial charge on any atom is 0.225 e. The first-order valence-electron chi connectivity index (χ1n) is 10.0. The van der Waals surface area contributed by atoms with E-state index in [9.17, 15) is 4.79 Å². The van der Waals surface area contributed by atoms with E-state index in [-0.39, 0.29) is 11.3 Å². The zero-order valence-electron chi connectivity index (χ0n) is 16.3. The standard InChI is InChI=1S/C21H33N3O2/c1-21(10-6-3-7-11-21)20(25)22-12-13-23-14-16-24(17-15-23)18-8-4-5-9-19(18)26-2/h4-5,8-9H,3,6-7,10-17H2,1-2H3,(H,22,25). The van der Waals surface area contributed by atoms with Crippen LogP contribution in [0.4, 0.5) is 5.69 Å². The lowest BCUT2D eigenvalue weighted by molar-refractivity contribution is -0.131. The molecule has 2 fully saturated rings. The van der Waals surface area contributed by atoms with Crippen LogP contribution < -0.4 is 15.0 Å². The molecule has 1 amide bonds. The Bertz CT molecular complexity index is 591. The highest BCUT2D eigenvalue weighted by atomic mass is 16.5. The first-order chi connectivity index (χ1) is 12.6. The average molecular weight is 360 g/mol. The van der Waals surface area contributed by atoms with E-state index >= 15 is 0 Å². The van der Waals surface area contributed by atoms with Gasteiger partial charge in [0.1, 0.15) is 5.75 Å². The number of nitrogens with zero attached hydrogens (tertiary/aromatic N) is 2. The zero-order valence-corrected chi connectivity index (χ0v) is 16.3. The molecule has 26 heavy (non-hydrogen) atoms. The Kier molecular flexibility index (Phi) is 6.41. The fraction of sp³-hybridized carbons (Fsp3) is 0.667. The third kappa shape index (κ3) is 4.50. The largest absolute Gasteiger partial charge is 0.495 e. The first kappa shape index (κ1) is 19.0. The van der Waals surface area contributed by atoms with E-state index in [2.05, 4.69) is 34.2 Å². The predicted molar refractivity (Wildman–Crippen MR) is 106 cm³/mol. The molecule has 0 aromatic heterocycles. The lowest BCUT2D eigenvalue weighted by Gasteiger charge is -2.37. The van der Waals surface area contributed by atoms with Crippen molar-refractivity contribution in [2.45, 2.75) is 39.0 Å². The van der Waals surface area contributed by atoms with Crippen molar-refractivity contribution in [3.05, 3.63) is 24.3 Å². The predicted octanol–water partition coefficient (Wildman–Crippen LogP) is 2.90. The average Bonchev–Trinajstić information content (AvgIpc) is 2.69. The monoisotopic (exact) mass is 359 g/mol. The van der Waals surface area contributed by atoms with Crippen LogP contribution in [0.3, 0.4) is 0 Å². The Morgan fingerprint density at radius 3 is 2.50 bits per heavy atom. The molecule has 0 spiro atoms. The summed E-state index contributed by atoms with van der Waals surface area (Å²) in [5, 5.41) is 3.19. The number of anilines is 1. The van der Waals surface area contributed by atoms with E-state index in [0.29, 0.717) is 0 Å². The number of benzene rings is 1. The number of methoxy groups -OCH3 is 1. The molecule has 2 aliphatic rings. The van der Waals surface area contributed by atoms with Crippen molar-refractivity contribution in [1.29, 1.82) is 0 Å². The minimum atomic E-state index is -0.138. The summed E-state index contributed by atoms with van der Waals surface area (Å²) in [6.45, 7) is 7.84. The summed E-state index contributed by atoms with van der Waals surface area (Å²) in [4.78, 5) is 17.3. The highest BCUT2D eigenvalue weighted by Gasteiger charge is 2.34. The van der Waals surface area contributed by atoms with Gasteiger partial charge in [-0.1, -0.05) is 38.3 Å². The molecule has 0 bridgehead atoms. The number of para-hydroxylation sites is 2. The number of rotatable bonds is 6. The summed E-state index contributed by atoms with van der Waals surface area (Å²) >= 11 is 0. The van der Waals surface area contributed by atoms with E-state index < -0.39 is 0 Å². The molecule has 1 heterocycles. The zero-order chi connectivity index (χ0) is 18.4. The van der Waals surface area contributed by atoms with Gasteiger partial charge in [0.25, 0.3) is 0 Å². The molecule has 1 saturated carbocycles. The van der Waals surface area contributed by atoms with Gasteiger partial charge in [-0.15, -0.1) is 0 Å². The molecule has 1 aliphatic carbocycles. The van der Waals surface area contributed by atoms with Gasteiger partial charge < -0.3 is 15.0 Å². The summed E-state index contributed by atoms with van der Waals surface area (Å²) in [7, 11) is 1.73. The molecule has 5 heteroatoms. The third-order valence-electron chi connectivity index (χ3n) is 6.02. The molecule has 1 saturated heterocycles. The second kappa shape index (κ2) is 8.76. The summed E-state index contributed by atoms with van der Waals surface area (Å²) in [6, 6.07) is 8.21. The molecule has 1 aliphatic heterocycles. The Labute approximate surface area is 157 Å². The molecular formula is C21H33N3O2. The van der Waals surface area contributed by atoms with Crippen molar-refractivity contribution in [2.75, 3.05) is 51.3 Å². The van der Waals surface area contributed by atoms with Crippen LogP contribution in [-0.4, -0.2) is 57.2 Å². The third-order valence-corrected chi connectivity index (χ3v) is 6.02. The van der Waals surface area contributed by atoms with E-state index in [1.165, 1.54) is 24.9 Å². The van der Waals surface area contributed by atoms with Crippen LogP contribution in [0.1, 0.15) is 39.0 Å². The van der Waals surface area contributed by atoms with Gasteiger partial charge in [-0.05, 0) is 25.0 Å². The lowest BCUT2D eigenvalue weighted by Crippen LogP contribution is -2.49. The fourth-order valence-electron chi connectivity index (χ4n) is 4.20. The molecule has 3 rings (SSSR count). The number of nitrogens with one attached hydrogen (secondary N) is 1. The van der Waals surface area contributed by atoms with Gasteiger partial charge in [-0.2, -0.15) is 0 Å². The normalized spacial score (nSPS) is 20.6. The summed E-state index contributed by atoms with van der Waals surface area (Å²) in [5.41, 5.74) is 1.04. The second-order valence-electron chi connectivity index (χ2n) is 7.88. The van der Waals surface area contributed by atoms with Gasteiger partial charge in [-0.3, -0.25) is 9.69 Å². The molecule has 0 unspecified atom stereocenters. The highest BCUT2D eigenvalue weighted by molar-refractivity contribution is 5.82. The van der Waals surface area contributed by atoms with Gasteiger partial charge in [-0.25, -0.2) is 0 Å². The maximum absolute atomic E-state index is 12.5. The molecule has 0 atom stereocenters. The van der Waals surface area contributed by atoms with E-state index in [1.807, 2.05) is 12.1 Å². The van der Waals surface area contributed by atoms with Crippen molar-refractivity contribution in [3.63, 3.8) is 0 Å². The van der Waals surface area contributed by atoms with Crippen molar-refractivity contribution >= 4 is 11.6 Å². The summed E-state index contributed by atoms with van der Waals surface area (Å²) in [5.74, 6) is 1.19. The van der Waals surface area contributed by atoms with Gasteiger partial charge in [0.15, 0.2) is 0 Å². The second-order valence-corrected chi connectivity index (χ2v) is 7.88. The van der Waals surface area contributed by atoms with Crippen LogP contribution in [0.25, 0.3) is 0 Å². The number of hydrogen-bond acceptors (Lipinski definition) is 4. The Balaban J connectivity index is 1.41. The fourth-order valence-corrected chi connectivity index (χ4v) is 4.20. The SMILES string of the molecule is COc1ccccc1N1CCN(CCNC(=O)C2(C)CCCCC2)CC1. The topological polar surface area (TPSA) is 44.8 Å². The Hall–Kier alpha value is -1.75. The van der Waals surface area contributed by atoms with Crippen LogP contribution in [0, 0.1) is 5.41 Å². The van der Waals surface area contributed by atoms with E-state index in [0.717, 1.165) is 57.9 Å². The highest BCUT2D eigenvalue weighted by Crippen LogP contribution is 2.35. The van der Waals surface area contributed by atoms with Gasteiger partial charge in [0, 0.05) is 44.7 Å². The van der Waals surface area contributed by atoms with Crippen molar-refractivity contribution < 1.29 is 9.53 Å². The molecule has 1 aromatic carbocycles. The van der Waals surface area contributed by atoms with Crippen LogP contribution in [0.2, 0.25) is 0 Å². The number of ether oxygens (including phenoxy) is 1. The quantitative estimate of drug-likeness (QED) is 0.848. The minimum Gasteiger partial charge on any atom is -0.495 e. The van der Waals surface area contributed by atoms with Crippen LogP contribution >= 0.6 is 0 Å². The molecule has 1 N–H and O–H groups in total. The number of carbonyl (C=O) groups excluding carboxylic acids is 1. The number of hydrogen-bond donors (Lipinski definition) is 1. The summed E-state index contributed by atoms with van der Waals surface area (Å²) in [6.07, 6.45) is 5.73. The molecule has 0 radical (unpaired) electrons. The number of carbonyl (C=O) groups is 1. The number of amides is 1. The van der Waals surface area contributed by atoms with Crippen LogP contribution in [0.5, 0.6) is 5.75 Å². The summed E-state index contributed by atoms with van der Waals surface area (Å²) < 4.78 is 5.48. The van der Waals surface area contributed by atoms with Crippen LogP contribution in [0.15, 0.2) is 24.3 Å². The van der Waals surface area contributed by atoms with Gasteiger partial charge in [0.2, 0.25) is 5.91 Å². The van der Waals surface area contributed by atoms with E-state index in [4.69, 9.17) is 4.74 Å². The maximum atomic E-state index is 12.5. The van der Waals surface area contributed by atoms with Crippen molar-refractivity contribution in [3.8, 4) is 5.75 Å². The van der Waals surface area contributed by atoms with E-state index in [1.54, 1.807) is 7.11 Å². The Morgan fingerprint density at radius 2 is 1.81 bits per heavy atom. The smallest absolute Gasteiger partial charge is 0.225 e. The Morgan fingerprint density at radius 1 is 1.12 bits per heavy atom. The molecular weight excluding hydrogens is 326 g/mol. The van der Waals surface area contributed by atoms with Gasteiger partial charge >= 0.3 is 0 Å². The lowest BCUT2D eigenvalue weighted by atomic mass is 9.75.